The third-order valence-corrected chi connectivity index (χ3v) is 5.42. The number of carbonyl (C=O) groups excluding carboxylic acids is 1. The van der Waals surface area contributed by atoms with Crippen molar-refractivity contribution in [1.82, 2.24) is 0 Å². The minimum absolute atomic E-state index is 0.0495. The third kappa shape index (κ3) is 5.70. The first kappa shape index (κ1) is 24.7. The second-order valence-electron chi connectivity index (χ2n) is 7.82. The SMILES string of the molecule is COC(CO)C(O)C(O)C(O)Oc1cc(C)cc(O)c1C(=O)CCc1ccc2occc2c1. The third-order valence-electron chi connectivity index (χ3n) is 5.42. The molecule has 0 saturated carbocycles. The first-order chi connectivity index (χ1) is 15.7. The highest BCUT2D eigenvalue weighted by molar-refractivity contribution is 6.01. The molecular weight excluding hydrogens is 432 g/mol. The van der Waals surface area contributed by atoms with Crippen LogP contribution in [-0.2, 0) is 11.2 Å². The van der Waals surface area contributed by atoms with E-state index in [1.807, 2.05) is 24.3 Å². The molecule has 1 aromatic heterocycles. The van der Waals surface area contributed by atoms with E-state index in [0.29, 0.717) is 12.0 Å². The van der Waals surface area contributed by atoms with Crippen LogP contribution in [0.1, 0.15) is 27.9 Å². The zero-order valence-electron chi connectivity index (χ0n) is 18.3. The fourth-order valence-corrected chi connectivity index (χ4v) is 3.57. The Morgan fingerprint density at radius 3 is 2.55 bits per heavy atom. The molecule has 33 heavy (non-hydrogen) atoms. The predicted molar refractivity (Wildman–Crippen MR) is 118 cm³/mol. The van der Waals surface area contributed by atoms with E-state index in [1.165, 1.54) is 19.2 Å². The quantitative estimate of drug-likeness (QED) is 0.213. The number of furan rings is 1. The zero-order chi connectivity index (χ0) is 24.1. The topological polar surface area (TPSA) is 150 Å². The van der Waals surface area contributed by atoms with Gasteiger partial charge in [-0.15, -0.1) is 0 Å². The fraction of sp³-hybridized carbons (Fsp3) is 0.375. The monoisotopic (exact) mass is 460 g/mol. The normalized spacial score (nSPS) is 15.2. The smallest absolute Gasteiger partial charge is 0.226 e. The predicted octanol–water partition coefficient (Wildman–Crippen LogP) is 1.69. The molecule has 178 valence electrons. The van der Waals surface area contributed by atoms with Gasteiger partial charge < -0.3 is 39.4 Å². The maximum absolute atomic E-state index is 13.0. The molecule has 0 aliphatic carbocycles. The Morgan fingerprint density at radius 1 is 1.09 bits per heavy atom. The fourth-order valence-electron chi connectivity index (χ4n) is 3.57. The van der Waals surface area contributed by atoms with Crippen molar-refractivity contribution in [3.8, 4) is 11.5 Å². The lowest BCUT2D eigenvalue weighted by Gasteiger charge is -2.28. The van der Waals surface area contributed by atoms with Crippen LogP contribution in [0.15, 0.2) is 47.1 Å². The number of hydrogen-bond donors (Lipinski definition) is 5. The number of carbonyl (C=O) groups is 1. The van der Waals surface area contributed by atoms with Crippen LogP contribution in [0.3, 0.4) is 0 Å². The van der Waals surface area contributed by atoms with E-state index in [1.54, 1.807) is 13.2 Å². The summed E-state index contributed by atoms with van der Waals surface area (Å²) >= 11 is 0. The largest absolute Gasteiger partial charge is 0.507 e. The number of ketones is 1. The molecule has 0 radical (unpaired) electrons. The molecule has 0 saturated heterocycles. The molecule has 0 fully saturated rings. The number of fused-ring (bicyclic) bond motifs is 1. The molecule has 1 heterocycles. The van der Waals surface area contributed by atoms with Gasteiger partial charge in [-0.3, -0.25) is 4.79 Å². The van der Waals surface area contributed by atoms with Crippen molar-refractivity contribution in [1.29, 1.82) is 0 Å². The maximum atomic E-state index is 13.0. The lowest BCUT2D eigenvalue weighted by Crippen LogP contribution is -2.48. The number of phenols is 1. The number of benzene rings is 2. The van der Waals surface area contributed by atoms with Gasteiger partial charge in [0.25, 0.3) is 0 Å². The van der Waals surface area contributed by atoms with Gasteiger partial charge in [0.05, 0.1) is 12.9 Å². The number of Topliss-reactive ketones (excluding diaryl/α,β-unsaturated/α-hetero) is 1. The lowest BCUT2D eigenvalue weighted by atomic mass is 9.99. The van der Waals surface area contributed by atoms with E-state index >= 15 is 0 Å². The summed E-state index contributed by atoms with van der Waals surface area (Å²) in [5.41, 5.74) is 2.05. The van der Waals surface area contributed by atoms with Crippen LogP contribution in [-0.4, -0.2) is 69.6 Å². The van der Waals surface area contributed by atoms with E-state index in [4.69, 9.17) is 13.9 Å². The van der Waals surface area contributed by atoms with Gasteiger partial charge in [-0.25, -0.2) is 0 Å². The van der Waals surface area contributed by atoms with E-state index < -0.39 is 37.0 Å². The zero-order valence-corrected chi connectivity index (χ0v) is 18.3. The van der Waals surface area contributed by atoms with Gasteiger partial charge in [-0.2, -0.15) is 0 Å². The molecule has 0 amide bonds. The highest BCUT2D eigenvalue weighted by Crippen LogP contribution is 2.32. The van der Waals surface area contributed by atoms with E-state index in [-0.39, 0.29) is 23.5 Å². The van der Waals surface area contributed by atoms with Gasteiger partial charge in [-0.1, -0.05) is 6.07 Å². The Bertz CT molecular complexity index is 1090. The van der Waals surface area contributed by atoms with Crippen LogP contribution in [0.25, 0.3) is 11.0 Å². The number of rotatable bonds is 11. The minimum Gasteiger partial charge on any atom is -0.507 e. The molecule has 0 spiro atoms. The Labute approximate surface area is 190 Å². The summed E-state index contributed by atoms with van der Waals surface area (Å²) in [5.74, 6) is -0.894. The number of aryl methyl sites for hydroxylation is 2. The van der Waals surface area contributed by atoms with Crippen molar-refractivity contribution in [3.63, 3.8) is 0 Å². The van der Waals surface area contributed by atoms with Crippen molar-refractivity contribution in [3.05, 3.63) is 59.4 Å². The van der Waals surface area contributed by atoms with Crippen LogP contribution >= 0.6 is 0 Å². The summed E-state index contributed by atoms with van der Waals surface area (Å²) < 4.78 is 15.5. The molecule has 4 atom stereocenters. The number of aliphatic hydroxyl groups excluding tert-OH is 4. The van der Waals surface area contributed by atoms with Gasteiger partial charge in [0.2, 0.25) is 6.29 Å². The van der Waals surface area contributed by atoms with E-state index in [2.05, 4.69) is 0 Å². The van der Waals surface area contributed by atoms with Crippen molar-refractivity contribution in [2.75, 3.05) is 13.7 Å². The van der Waals surface area contributed by atoms with Crippen LogP contribution in [0.2, 0.25) is 0 Å². The first-order valence-electron chi connectivity index (χ1n) is 10.4. The number of methoxy groups -OCH3 is 1. The highest BCUT2D eigenvalue weighted by Gasteiger charge is 2.33. The van der Waals surface area contributed by atoms with Crippen molar-refractivity contribution < 1.29 is 44.2 Å². The lowest BCUT2D eigenvalue weighted by molar-refractivity contribution is -0.174. The van der Waals surface area contributed by atoms with Gasteiger partial charge in [0.15, 0.2) is 5.78 Å². The molecule has 5 N–H and O–H groups in total. The van der Waals surface area contributed by atoms with Crippen molar-refractivity contribution >= 4 is 16.8 Å². The van der Waals surface area contributed by atoms with Crippen molar-refractivity contribution in [2.24, 2.45) is 0 Å². The molecule has 3 aromatic rings. The Morgan fingerprint density at radius 2 is 1.85 bits per heavy atom. The summed E-state index contributed by atoms with van der Waals surface area (Å²) in [6.45, 7) is 1.06. The minimum atomic E-state index is -1.96. The number of phenolic OH excluding ortho intramolecular Hbond substituents is 1. The van der Waals surface area contributed by atoms with Gasteiger partial charge in [0.1, 0.15) is 41.0 Å². The van der Waals surface area contributed by atoms with Crippen LogP contribution < -0.4 is 4.74 Å². The molecule has 9 nitrogen and oxygen atoms in total. The standard InChI is InChI=1S/C24H28O9/c1-13-9-17(27)21(16(26)5-3-14-4-6-18-15(11-14)7-8-32-18)19(10-13)33-24(30)23(29)22(28)20(12-25)31-2/h4,6-11,20,22-25,27-30H,3,5,12H2,1-2H3. The van der Waals surface area contributed by atoms with E-state index in [9.17, 15) is 30.3 Å². The molecule has 0 bridgehead atoms. The average Bonchev–Trinajstić information content (AvgIpc) is 3.25. The van der Waals surface area contributed by atoms with Gasteiger partial charge in [0, 0.05) is 18.9 Å². The number of aliphatic hydroxyl groups is 4. The summed E-state index contributed by atoms with van der Waals surface area (Å²) in [7, 11) is 1.23. The highest BCUT2D eigenvalue weighted by atomic mass is 16.6. The molecule has 9 heteroatoms. The summed E-state index contributed by atoms with van der Waals surface area (Å²) in [5, 5.41) is 51.1. The second-order valence-corrected chi connectivity index (χ2v) is 7.82. The molecule has 4 unspecified atom stereocenters. The van der Waals surface area contributed by atoms with Gasteiger partial charge in [-0.05, 0) is 54.8 Å². The van der Waals surface area contributed by atoms with Crippen molar-refractivity contribution in [2.45, 2.75) is 44.4 Å². The number of aromatic hydroxyl groups is 1. The van der Waals surface area contributed by atoms with Gasteiger partial charge >= 0.3 is 0 Å². The molecular formula is C24H28O9. The molecule has 3 rings (SSSR count). The van der Waals surface area contributed by atoms with Crippen LogP contribution in [0, 0.1) is 6.92 Å². The Kier molecular flexibility index (Phi) is 8.06. The maximum Gasteiger partial charge on any atom is 0.226 e. The molecule has 2 aromatic carbocycles. The van der Waals surface area contributed by atoms with Crippen LogP contribution in [0.4, 0.5) is 0 Å². The molecule has 0 aliphatic heterocycles. The number of hydrogen-bond acceptors (Lipinski definition) is 9. The first-order valence-corrected chi connectivity index (χ1v) is 10.4. The van der Waals surface area contributed by atoms with E-state index in [0.717, 1.165) is 16.5 Å². The average molecular weight is 460 g/mol. The summed E-state index contributed by atoms with van der Waals surface area (Å²) in [6.07, 6.45) is -4.60. The summed E-state index contributed by atoms with van der Waals surface area (Å²) in [6, 6.07) is 10.2. The Balaban J connectivity index is 1.77. The summed E-state index contributed by atoms with van der Waals surface area (Å²) in [4.78, 5) is 13.0. The second kappa shape index (κ2) is 10.8. The van der Waals surface area contributed by atoms with Crippen LogP contribution in [0.5, 0.6) is 11.5 Å². The number of ether oxygens (including phenoxy) is 2. The molecule has 0 aliphatic rings. The Hall–Kier alpha value is -2.95.